The highest BCUT2D eigenvalue weighted by atomic mass is 32.1. The predicted molar refractivity (Wildman–Crippen MR) is 84.3 cm³/mol. The van der Waals surface area contributed by atoms with Crippen LogP contribution in [-0.4, -0.2) is 43.7 Å². The van der Waals surface area contributed by atoms with Gasteiger partial charge in [-0.3, -0.25) is 4.79 Å². The van der Waals surface area contributed by atoms with E-state index in [1.54, 1.807) is 18.4 Å². The molecule has 1 saturated heterocycles. The average molecular weight is 308 g/mol. The van der Waals surface area contributed by atoms with Crippen molar-refractivity contribution >= 4 is 17.2 Å². The number of ether oxygens (including phenoxy) is 1. The molecule has 1 amide bonds. The van der Waals surface area contributed by atoms with Crippen molar-refractivity contribution in [3.05, 3.63) is 22.4 Å². The van der Waals surface area contributed by atoms with Gasteiger partial charge in [-0.05, 0) is 50.2 Å². The van der Waals surface area contributed by atoms with Crippen LogP contribution < -0.4 is 5.32 Å². The number of hydrogen-bond donors (Lipinski definition) is 1. The van der Waals surface area contributed by atoms with Gasteiger partial charge >= 0.3 is 0 Å². The zero-order valence-electron chi connectivity index (χ0n) is 12.6. The summed E-state index contributed by atoms with van der Waals surface area (Å²) in [5, 5.41) is 5.44. The molecule has 1 aromatic rings. The van der Waals surface area contributed by atoms with Crippen LogP contribution >= 0.6 is 11.3 Å². The SMILES string of the molecule is COCC1(C(=O)N(Cc2cccs2)C2CC2)CCNCC1. The minimum Gasteiger partial charge on any atom is -0.384 e. The summed E-state index contributed by atoms with van der Waals surface area (Å²) in [5.74, 6) is 0.307. The van der Waals surface area contributed by atoms with Gasteiger partial charge in [-0.1, -0.05) is 6.07 Å². The third-order valence-electron chi connectivity index (χ3n) is 4.59. The minimum atomic E-state index is -0.320. The zero-order valence-corrected chi connectivity index (χ0v) is 13.5. The highest BCUT2D eigenvalue weighted by molar-refractivity contribution is 7.09. The number of thiophene rings is 1. The molecular weight excluding hydrogens is 284 g/mol. The molecule has 2 fully saturated rings. The molecule has 1 saturated carbocycles. The molecule has 4 nitrogen and oxygen atoms in total. The topological polar surface area (TPSA) is 41.6 Å². The molecule has 1 aliphatic heterocycles. The third-order valence-corrected chi connectivity index (χ3v) is 5.45. The number of piperidine rings is 1. The summed E-state index contributed by atoms with van der Waals surface area (Å²) >= 11 is 1.74. The molecule has 2 aliphatic rings. The van der Waals surface area contributed by atoms with Crippen molar-refractivity contribution in [2.75, 3.05) is 26.8 Å². The molecule has 21 heavy (non-hydrogen) atoms. The monoisotopic (exact) mass is 308 g/mol. The largest absolute Gasteiger partial charge is 0.384 e. The second-order valence-corrected chi connectivity index (χ2v) is 7.24. The highest BCUT2D eigenvalue weighted by Crippen LogP contribution is 2.37. The van der Waals surface area contributed by atoms with Gasteiger partial charge < -0.3 is 15.0 Å². The first-order chi connectivity index (χ1) is 10.2. The summed E-state index contributed by atoms with van der Waals surface area (Å²) in [4.78, 5) is 16.6. The van der Waals surface area contributed by atoms with E-state index in [9.17, 15) is 4.79 Å². The lowest BCUT2D eigenvalue weighted by atomic mass is 9.78. The first kappa shape index (κ1) is 15.0. The number of carbonyl (C=O) groups is 1. The Morgan fingerprint density at radius 3 is 2.81 bits per heavy atom. The quantitative estimate of drug-likeness (QED) is 0.876. The number of hydrogen-bond acceptors (Lipinski definition) is 4. The average Bonchev–Trinajstić information content (AvgIpc) is 3.22. The van der Waals surface area contributed by atoms with Gasteiger partial charge in [-0.15, -0.1) is 11.3 Å². The van der Waals surface area contributed by atoms with Gasteiger partial charge in [-0.25, -0.2) is 0 Å². The molecular formula is C16H24N2O2S. The van der Waals surface area contributed by atoms with Crippen LogP contribution in [0, 0.1) is 5.41 Å². The molecule has 5 heteroatoms. The molecule has 0 atom stereocenters. The Bertz CT molecular complexity index is 459. The third kappa shape index (κ3) is 3.30. The summed E-state index contributed by atoms with van der Waals surface area (Å²) < 4.78 is 5.42. The fraction of sp³-hybridized carbons (Fsp3) is 0.688. The number of methoxy groups -OCH3 is 1. The van der Waals surface area contributed by atoms with E-state index in [4.69, 9.17) is 4.74 Å². The van der Waals surface area contributed by atoms with E-state index in [2.05, 4.69) is 27.7 Å². The van der Waals surface area contributed by atoms with Crippen molar-refractivity contribution in [3.8, 4) is 0 Å². The lowest BCUT2D eigenvalue weighted by molar-refractivity contribution is -0.148. The van der Waals surface area contributed by atoms with Gasteiger partial charge in [0, 0.05) is 18.0 Å². The van der Waals surface area contributed by atoms with Crippen molar-refractivity contribution in [1.29, 1.82) is 0 Å². The molecule has 3 rings (SSSR count). The predicted octanol–water partition coefficient (Wildman–Crippen LogP) is 2.26. The van der Waals surface area contributed by atoms with E-state index in [0.29, 0.717) is 18.6 Å². The Morgan fingerprint density at radius 2 is 2.24 bits per heavy atom. The smallest absolute Gasteiger partial charge is 0.231 e. The van der Waals surface area contributed by atoms with Crippen molar-refractivity contribution in [2.45, 2.75) is 38.3 Å². The van der Waals surface area contributed by atoms with E-state index in [1.807, 2.05) is 0 Å². The fourth-order valence-electron chi connectivity index (χ4n) is 3.23. The van der Waals surface area contributed by atoms with Crippen LogP contribution in [0.2, 0.25) is 0 Å². The molecule has 1 aliphatic carbocycles. The summed E-state index contributed by atoms with van der Waals surface area (Å²) in [6, 6.07) is 4.63. The van der Waals surface area contributed by atoms with Crippen molar-refractivity contribution in [3.63, 3.8) is 0 Å². The van der Waals surface area contributed by atoms with Crippen LogP contribution in [0.3, 0.4) is 0 Å². The Balaban J connectivity index is 1.78. The Kier molecular flexibility index (Phi) is 4.62. The van der Waals surface area contributed by atoms with Crippen molar-refractivity contribution in [2.24, 2.45) is 5.41 Å². The molecule has 2 heterocycles. The second kappa shape index (κ2) is 6.46. The van der Waals surface area contributed by atoms with Crippen LogP contribution in [0.25, 0.3) is 0 Å². The summed E-state index contributed by atoms with van der Waals surface area (Å²) in [7, 11) is 1.71. The number of amides is 1. The van der Waals surface area contributed by atoms with Crippen LogP contribution in [-0.2, 0) is 16.1 Å². The molecule has 1 aromatic heterocycles. The number of nitrogens with one attached hydrogen (secondary N) is 1. The van der Waals surface area contributed by atoms with Crippen molar-refractivity contribution in [1.82, 2.24) is 10.2 Å². The van der Waals surface area contributed by atoms with Crippen LogP contribution in [0.5, 0.6) is 0 Å². The minimum absolute atomic E-state index is 0.307. The van der Waals surface area contributed by atoms with E-state index in [-0.39, 0.29) is 5.41 Å². The second-order valence-electron chi connectivity index (χ2n) is 6.21. The Hall–Kier alpha value is -0.910. The highest BCUT2D eigenvalue weighted by Gasteiger charge is 2.45. The summed E-state index contributed by atoms with van der Waals surface area (Å²) in [6.45, 7) is 3.13. The maximum Gasteiger partial charge on any atom is 0.231 e. The molecule has 0 unspecified atom stereocenters. The molecule has 0 aromatic carbocycles. The normalized spacial score (nSPS) is 21.2. The van der Waals surface area contributed by atoms with E-state index >= 15 is 0 Å². The Labute approximate surface area is 130 Å². The molecule has 1 N–H and O–H groups in total. The summed E-state index contributed by atoms with van der Waals surface area (Å²) in [5.41, 5.74) is -0.320. The standard InChI is InChI=1S/C16H24N2O2S/c1-20-12-16(6-8-17-9-7-16)15(19)18(13-4-5-13)11-14-3-2-10-21-14/h2-3,10,13,17H,4-9,11-12H2,1H3. The lowest BCUT2D eigenvalue weighted by Gasteiger charge is -2.39. The number of nitrogens with zero attached hydrogens (tertiary/aromatic N) is 1. The fourth-order valence-corrected chi connectivity index (χ4v) is 3.93. The van der Waals surface area contributed by atoms with Crippen LogP contribution in [0.15, 0.2) is 17.5 Å². The van der Waals surface area contributed by atoms with E-state index in [1.165, 1.54) is 4.88 Å². The van der Waals surface area contributed by atoms with Crippen LogP contribution in [0.4, 0.5) is 0 Å². The molecule has 0 bridgehead atoms. The van der Waals surface area contributed by atoms with E-state index in [0.717, 1.165) is 45.3 Å². The van der Waals surface area contributed by atoms with Gasteiger partial charge in [0.25, 0.3) is 0 Å². The maximum atomic E-state index is 13.2. The molecule has 116 valence electrons. The van der Waals surface area contributed by atoms with Gasteiger partial charge in [-0.2, -0.15) is 0 Å². The first-order valence-corrected chi connectivity index (χ1v) is 8.66. The summed E-state index contributed by atoms with van der Waals surface area (Å²) in [6.07, 6.45) is 4.07. The zero-order chi connectivity index (χ0) is 14.7. The molecule has 0 radical (unpaired) electrons. The lowest BCUT2D eigenvalue weighted by Crippen LogP contribution is -2.52. The number of carbonyl (C=O) groups excluding carboxylic acids is 1. The van der Waals surface area contributed by atoms with Crippen LogP contribution in [0.1, 0.15) is 30.6 Å². The van der Waals surface area contributed by atoms with Crippen molar-refractivity contribution < 1.29 is 9.53 Å². The van der Waals surface area contributed by atoms with Gasteiger partial charge in [0.05, 0.1) is 18.6 Å². The Morgan fingerprint density at radius 1 is 1.48 bits per heavy atom. The number of rotatable bonds is 6. The van der Waals surface area contributed by atoms with Gasteiger partial charge in [0.2, 0.25) is 5.91 Å². The molecule has 0 spiro atoms. The van der Waals surface area contributed by atoms with Gasteiger partial charge in [0.15, 0.2) is 0 Å². The van der Waals surface area contributed by atoms with E-state index < -0.39 is 0 Å². The van der Waals surface area contributed by atoms with Gasteiger partial charge in [0.1, 0.15) is 0 Å². The first-order valence-electron chi connectivity index (χ1n) is 7.78. The maximum absolute atomic E-state index is 13.2.